The Balaban J connectivity index is 1.50. The lowest BCUT2D eigenvalue weighted by Gasteiger charge is -2.31. The lowest BCUT2D eigenvalue weighted by molar-refractivity contribution is 0.134. The second-order valence-electron chi connectivity index (χ2n) is 7.56. The van der Waals surface area contributed by atoms with E-state index in [4.69, 9.17) is 9.84 Å². The van der Waals surface area contributed by atoms with Crippen molar-refractivity contribution in [1.29, 1.82) is 0 Å². The minimum Gasteiger partial charge on any atom is -0.384 e. The van der Waals surface area contributed by atoms with Crippen molar-refractivity contribution < 1.29 is 4.74 Å². The van der Waals surface area contributed by atoms with Crippen molar-refractivity contribution in [3.63, 3.8) is 0 Å². The van der Waals surface area contributed by atoms with E-state index in [1.165, 1.54) is 36.9 Å². The number of aromatic nitrogens is 3. The molecule has 1 saturated carbocycles. The van der Waals surface area contributed by atoms with E-state index in [0.29, 0.717) is 5.92 Å². The molecule has 0 amide bonds. The zero-order valence-electron chi connectivity index (χ0n) is 15.1. The number of hydrogen-bond acceptors (Lipinski definition) is 4. The molecular weight excluding hydrogens is 312 g/mol. The molecule has 0 N–H and O–H groups in total. The van der Waals surface area contributed by atoms with E-state index in [9.17, 15) is 0 Å². The number of nitrogens with zero attached hydrogens (tertiary/aromatic N) is 4. The molecule has 3 heterocycles. The van der Waals surface area contributed by atoms with Gasteiger partial charge in [0.05, 0.1) is 18.0 Å². The zero-order chi connectivity index (χ0) is 17.1. The number of pyridine rings is 1. The first kappa shape index (κ1) is 16.7. The molecule has 1 aliphatic heterocycles. The Morgan fingerprint density at radius 2 is 2.12 bits per heavy atom. The summed E-state index contributed by atoms with van der Waals surface area (Å²) in [4.78, 5) is 6.95. The van der Waals surface area contributed by atoms with E-state index in [1.54, 1.807) is 7.11 Å². The molecule has 0 bridgehead atoms. The minimum atomic E-state index is 0.349. The fourth-order valence-electron chi connectivity index (χ4n) is 4.37. The van der Waals surface area contributed by atoms with Gasteiger partial charge in [0.15, 0.2) is 0 Å². The van der Waals surface area contributed by atoms with Gasteiger partial charge in [0, 0.05) is 57.2 Å². The summed E-state index contributed by atoms with van der Waals surface area (Å²) in [6.45, 7) is 4.63. The Hall–Kier alpha value is -1.72. The molecule has 0 unspecified atom stereocenters. The molecule has 1 aliphatic carbocycles. The average Bonchev–Trinajstić information content (AvgIpc) is 3.26. The maximum atomic E-state index is 5.49. The summed E-state index contributed by atoms with van der Waals surface area (Å²) in [7, 11) is 1.78. The van der Waals surface area contributed by atoms with Crippen LogP contribution < -0.4 is 0 Å². The van der Waals surface area contributed by atoms with Crippen LogP contribution in [0.1, 0.15) is 48.6 Å². The van der Waals surface area contributed by atoms with Gasteiger partial charge in [-0.15, -0.1) is 0 Å². The highest BCUT2D eigenvalue weighted by Crippen LogP contribution is 2.30. The fourth-order valence-corrected chi connectivity index (χ4v) is 4.37. The van der Waals surface area contributed by atoms with E-state index in [2.05, 4.69) is 32.9 Å². The maximum Gasteiger partial charge on any atom is 0.0736 e. The van der Waals surface area contributed by atoms with Crippen molar-refractivity contribution in [3.05, 3.63) is 47.5 Å². The highest BCUT2D eigenvalue weighted by atomic mass is 16.5. The third kappa shape index (κ3) is 3.93. The third-order valence-electron chi connectivity index (χ3n) is 5.53. The van der Waals surface area contributed by atoms with Crippen molar-refractivity contribution in [1.82, 2.24) is 19.7 Å². The van der Waals surface area contributed by atoms with Crippen LogP contribution in [0.5, 0.6) is 0 Å². The smallest absolute Gasteiger partial charge is 0.0736 e. The first-order valence-electron chi connectivity index (χ1n) is 9.49. The largest absolute Gasteiger partial charge is 0.384 e. The summed E-state index contributed by atoms with van der Waals surface area (Å²) >= 11 is 0. The summed E-state index contributed by atoms with van der Waals surface area (Å²) in [5.41, 5.74) is 3.74. The van der Waals surface area contributed by atoms with Gasteiger partial charge in [-0.3, -0.25) is 14.6 Å². The van der Waals surface area contributed by atoms with Gasteiger partial charge >= 0.3 is 0 Å². The molecule has 134 valence electrons. The van der Waals surface area contributed by atoms with Crippen molar-refractivity contribution in [2.45, 2.75) is 51.2 Å². The van der Waals surface area contributed by atoms with Gasteiger partial charge in [-0.1, -0.05) is 18.9 Å². The first-order valence-corrected chi connectivity index (χ1v) is 9.49. The van der Waals surface area contributed by atoms with Gasteiger partial charge in [0.2, 0.25) is 0 Å². The molecule has 0 spiro atoms. The fraction of sp³-hybridized carbons (Fsp3) is 0.600. The lowest BCUT2D eigenvalue weighted by Crippen LogP contribution is -2.34. The quantitative estimate of drug-likeness (QED) is 0.810. The number of rotatable bonds is 6. The molecular formula is C20H28N4O. The summed E-state index contributed by atoms with van der Waals surface area (Å²) < 4.78 is 7.69. The van der Waals surface area contributed by atoms with Crippen molar-refractivity contribution in [3.8, 4) is 0 Å². The van der Waals surface area contributed by atoms with E-state index >= 15 is 0 Å². The van der Waals surface area contributed by atoms with Gasteiger partial charge in [-0.2, -0.15) is 5.10 Å². The lowest BCUT2D eigenvalue weighted by atomic mass is 9.97. The molecule has 0 saturated heterocycles. The second-order valence-corrected chi connectivity index (χ2v) is 7.56. The number of ether oxygens (including phenoxy) is 1. The number of fused-ring (bicyclic) bond motifs is 1. The van der Waals surface area contributed by atoms with Crippen molar-refractivity contribution >= 4 is 0 Å². The summed E-state index contributed by atoms with van der Waals surface area (Å²) in [5.74, 6) is 1.16. The molecule has 25 heavy (non-hydrogen) atoms. The second kappa shape index (κ2) is 7.67. The monoisotopic (exact) mass is 340 g/mol. The normalized spacial score (nSPS) is 21.6. The van der Waals surface area contributed by atoms with Crippen LogP contribution in [0.15, 0.2) is 30.6 Å². The van der Waals surface area contributed by atoms with Gasteiger partial charge in [-0.05, 0) is 30.9 Å². The Morgan fingerprint density at radius 1 is 1.24 bits per heavy atom. The van der Waals surface area contributed by atoms with Crippen LogP contribution >= 0.6 is 0 Å². The topological polar surface area (TPSA) is 43.2 Å². The summed E-state index contributed by atoms with van der Waals surface area (Å²) in [6, 6.07) is 6.13. The van der Waals surface area contributed by atoms with Crippen LogP contribution in [0.2, 0.25) is 0 Å². The van der Waals surface area contributed by atoms with Gasteiger partial charge in [0.25, 0.3) is 0 Å². The predicted molar refractivity (Wildman–Crippen MR) is 97.2 cm³/mol. The highest BCUT2D eigenvalue weighted by Gasteiger charge is 2.29. The SMILES string of the molecule is COC[C@@H]1CN(Cc2ccccn2)Cc2cn(CC3CCCC3)nc21. The Morgan fingerprint density at radius 3 is 2.88 bits per heavy atom. The van der Waals surface area contributed by atoms with Crippen LogP contribution in [-0.4, -0.2) is 39.9 Å². The molecule has 2 aromatic heterocycles. The van der Waals surface area contributed by atoms with Crippen LogP contribution in [0.25, 0.3) is 0 Å². The van der Waals surface area contributed by atoms with Crippen LogP contribution in [0.3, 0.4) is 0 Å². The molecule has 4 rings (SSSR count). The van der Waals surface area contributed by atoms with Crippen molar-refractivity contribution in [2.75, 3.05) is 20.3 Å². The van der Waals surface area contributed by atoms with Gasteiger partial charge in [-0.25, -0.2) is 0 Å². The molecule has 2 aliphatic rings. The standard InChI is InChI=1S/C20H28N4O/c1-25-15-18-12-23(14-19-8-4-5-9-21-19)11-17-13-24(22-20(17)18)10-16-6-2-3-7-16/h4-5,8-9,13,16,18H,2-3,6-7,10-12,14-15H2,1H3/t18-/m0/s1. The zero-order valence-corrected chi connectivity index (χ0v) is 15.1. The first-order chi connectivity index (χ1) is 12.3. The Labute approximate surface area is 150 Å². The molecule has 5 heteroatoms. The number of hydrogen-bond donors (Lipinski definition) is 0. The number of methoxy groups -OCH3 is 1. The van der Waals surface area contributed by atoms with Gasteiger partial charge in [0.1, 0.15) is 0 Å². The molecule has 1 fully saturated rings. The molecule has 1 atom stereocenters. The minimum absolute atomic E-state index is 0.349. The molecule has 2 aromatic rings. The predicted octanol–water partition coefficient (Wildman–Crippen LogP) is 3.21. The van der Waals surface area contributed by atoms with Crippen LogP contribution in [0, 0.1) is 5.92 Å². The van der Waals surface area contributed by atoms with E-state index in [0.717, 1.165) is 44.4 Å². The Bertz CT molecular complexity index is 678. The van der Waals surface area contributed by atoms with Crippen LogP contribution in [0.4, 0.5) is 0 Å². The Kier molecular flexibility index (Phi) is 5.13. The van der Waals surface area contributed by atoms with Crippen molar-refractivity contribution in [2.24, 2.45) is 5.92 Å². The average molecular weight is 340 g/mol. The molecule has 5 nitrogen and oxygen atoms in total. The molecule has 0 aromatic carbocycles. The van der Waals surface area contributed by atoms with Crippen LogP contribution in [-0.2, 0) is 24.4 Å². The maximum absolute atomic E-state index is 5.49. The highest BCUT2D eigenvalue weighted by molar-refractivity contribution is 5.25. The summed E-state index contributed by atoms with van der Waals surface area (Å²) in [5, 5.41) is 4.95. The molecule has 0 radical (unpaired) electrons. The summed E-state index contributed by atoms with van der Waals surface area (Å²) in [6.07, 6.45) is 9.64. The van der Waals surface area contributed by atoms with E-state index in [-0.39, 0.29) is 0 Å². The van der Waals surface area contributed by atoms with Gasteiger partial charge < -0.3 is 4.74 Å². The third-order valence-corrected chi connectivity index (χ3v) is 5.53. The van der Waals surface area contributed by atoms with E-state index in [1.807, 2.05) is 12.3 Å². The van der Waals surface area contributed by atoms with E-state index < -0.39 is 0 Å².